The lowest BCUT2D eigenvalue weighted by Crippen LogP contribution is -1.95. The third-order valence-electron chi connectivity index (χ3n) is 2.94. The minimum atomic E-state index is 0.454. The second-order valence-corrected chi connectivity index (χ2v) is 5.59. The van der Waals surface area contributed by atoms with Crippen molar-refractivity contribution >= 4 is 29.8 Å². The van der Waals surface area contributed by atoms with Gasteiger partial charge in [-0.15, -0.1) is 0 Å². The van der Waals surface area contributed by atoms with Crippen LogP contribution >= 0.6 is 23.6 Å². The van der Waals surface area contributed by atoms with Crippen LogP contribution in [0.2, 0.25) is 0 Å². The Morgan fingerprint density at radius 3 is 2.86 bits per heavy atom. The summed E-state index contributed by atoms with van der Waals surface area (Å²) in [5.74, 6) is 1.49. The van der Waals surface area contributed by atoms with Gasteiger partial charge in [0.25, 0.3) is 0 Å². The molecular weight excluding hydrogens is 316 g/mol. The molecule has 2 aromatic heterocycles. The second kappa shape index (κ2) is 6.67. The molecule has 0 aliphatic carbocycles. The highest BCUT2D eigenvalue weighted by Crippen LogP contribution is 2.21. The van der Waals surface area contributed by atoms with E-state index in [1.54, 1.807) is 22.2 Å². The Kier molecular flexibility index (Phi) is 4.45. The first-order chi connectivity index (χ1) is 10.8. The topological polar surface area (TPSA) is 55.2 Å². The van der Waals surface area contributed by atoms with E-state index in [-0.39, 0.29) is 0 Å². The average Bonchev–Trinajstić information content (AvgIpc) is 3.16. The van der Waals surface area contributed by atoms with Crippen molar-refractivity contribution in [3.63, 3.8) is 0 Å². The van der Waals surface area contributed by atoms with Gasteiger partial charge in [0.05, 0.1) is 12.8 Å². The lowest BCUT2D eigenvalue weighted by Gasteiger charge is -2.04. The largest absolute Gasteiger partial charge is 0.494 e. The molecule has 0 atom stereocenters. The molecule has 0 radical (unpaired) electrons. The first-order valence-corrected chi connectivity index (χ1v) is 8.10. The molecule has 3 rings (SSSR count). The third kappa shape index (κ3) is 3.15. The molecule has 5 nitrogen and oxygen atoms in total. The number of hydrogen-bond acceptors (Lipinski definition) is 5. The van der Waals surface area contributed by atoms with Crippen LogP contribution in [0.4, 0.5) is 0 Å². The number of aromatic amines is 1. The Bertz CT molecular complexity index is 816. The molecule has 0 bridgehead atoms. The van der Waals surface area contributed by atoms with Crippen molar-refractivity contribution in [2.75, 3.05) is 6.61 Å². The summed E-state index contributed by atoms with van der Waals surface area (Å²) in [6, 6.07) is 9.68. The lowest BCUT2D eigenvalue weighted by molar-refractivity contribution is 0.340. The van der Waals surface area contributed by atoms with E-state index in [1.165, 1.54) is 0 Å². The summed E-state index contributed by atoms with van der Waals surface area (Å²) >= 11 is 6.87. The molecule has 0 unspecified atom stereocenters. The number of nitrogens with zero attached hydrogens (tertiary/aromatic N) is 3. The van der Waals surface area contributed by atoms with E-state index in [0.29, 0.717) is 17.2 Å². The van der Waals surface area contributed by atoms with Gasteiger partial charge in [-0.05, 0) is 60.2 Å². The lowest BCUT2D eigenvalue weighted by atomic mass is 10.2. The van der Waals surface area contributed by atoms with Crippen LogP contribution < -0.4 is 4.74 Å². The highest BCUT2D eigenvalue weighted by molar-refractivity contribution is 7.71. The predicted molar refractivity (Wildman–Crippen MR) is 91.3 cm³/mol. The maximum Gasteiger partial charge on any atom is 0.216 e. The first-order valence-electron chi connectivity index (χ1n) is 6.75. The van der Waals surface area contributed by atoms with Crippen molar-refractivity contribution < 1.29 is 4.74 Å². The van der Waals surface area contributed by atoms with Gasteiger partial charge in [0.2, 0.25) is 4.77 Å². The van der Waals surface area contributed by atoms with Gasteiger partial charge in [-0.2, -0.15) is 26.2 Å². The maximum absolute atomic E-state index is 5.44. The smallest absolute Gasteiger partial charge is 0.216 e. The number of H-pyrrole nitrogens is 1. The number of benzene rings is 1. The molecule has 22 heavy (non-hydrogen) atoms. The van der Waals surface area contributed by atoms with E-state index < -0.39 is 0 Å². The molecule has 0 fully saturated rings. The predicted octanol–water partition coefficient (Wildman–Crippen LogP) is 3.95. The second-order valence-electron chi connectivity index (χ2n) is 4.42. The van der Waals surface area contributed by atoms with Gasteiger partial charge < -0.3 is 4.74 Å². The molecule has 2 heterocycles. The molecule has 112 valence electrons. The standard InChI is InChI=1S/C15H14N4OS2/c1-2-20-13-5-3-12(4-6-13)14-17-18-15(21)19(14)16-9-11-7-8-22-10-11/h3-10H,2H2,1H3,(H,18,21)/b16-9-. The Balaban J connectivity index is 1.93. The van der Waals surface area contributed by atoms with E-state index in [4.69, 9.17) is 17.0 Å². The zero-order chi connectivity index (χ0) is 15.4. The molecule has 0 amide bonds. The monoisotopic (exact) mass is 330 g/mol. The minimum absolute atomic E-state index is 0.454. The highest BCUT2D eigenvalue weighted by Gasteiger charge is 2.08. The number of nitrogens with one attached hydrogen (secondary N) is 1. The van der Waals surface area contributed by atoms with E-state index in [1.807, 2.05) is 48.0 Å². The summed E-state index contributed by atoms with van der Waals surface area (Å²) in [5.41, 5.74) is 1.95. The minimum Gasteiger partial charge on any atom is -0.494 e. The molecule has 0 saturated carbocycles. The van der Waals surface area contributed by atoms with Gasteiger partial charge >= 0.3 is 0 Å². The number of ether oxygens (including phenoxy) is 1. The normalized spacial score (nSPS) is 11.1. The number of aromatic nitrogens is 3. The summed E-state index contributed by atoms with van der Waals surface area (Å²) in [6.07, 6.45) is 1.76. The molecule has 3 aromatic rings. The maximum atomic E-state index is 5.44. The fraction of sp³-hybridized carbons (Fsp3) is 0.133. The first kappa shape index (κ1) is 14.7. The van der Waals surface area contributed by atoms with Crippen LogP contribution in [0.5, 0.6) is 5.75 Å². The quantitative estimate of drug-likeness (QED) is 0.569. The van der Waals surface area contributed by atoms with Crippen LogP contribution in [0.15, 0.2) is 46.2 Å². The number of thiophene rings is 1. The average molecular weight is 330 g/mol. The fourth-order valence-electron chi connectivity index (χ4n) is 1.93. The SMILES string of the molecule is CCOc1ccc(-c2n[nH]c(=S)n2/N=C\c2ccsc2)cc1. The van der Waals surface area contributed by atoms with Crippen LogP contribution in [0.25, 0.3) is 11.4 Å². The molecule has 0 aliphatic heterocycles. The van der Waals surface area contributed by atoms with Gasteiger partial charge in [0, 0.05) is 11.1 Å². The summed E-state index contributed by atoms with van der Waals surface area (Å²) in [7, 11) is 0. The fourth-order valence-corrected chi connectivity index (χ4v) is 2.72. The third-order valence-corrected chi connectivity index (χ3v) is 3.91. The van der Waals surface area contributed by atoms with E-state index in [9.17, 15) is 0 Å². The Morgan fingerprint density at radius 2 is 2.18 bits per heavy atom. The van der Waals surface area contributed by atoms with Crippen molar-refractivity contribution in [2.45, 2.75) is 6.92 Å². The van der Waals surface area contributed by atoms with Crippen LogP contribution in [-0.2, 0) is 0 Å². The van der Waals surface area contributed by atoms with Crippen LogP contribution in [0.1, 0.15) is 12.5 Å². The van der Waals surface area contributed by atoms with Crippen molar-refractivity contribution in [3.8, 4) is 17.1 Å². The van der Waals surface area contributed by atoms with Crippen molar-refractivity contribution in [1.82, 2.24) is 14.9 Å². The van der Waals surface area contributed by atoms with E-state index in [2.05, 4.69) is 15.3 Å². The Morgan fingerprint density at radius 1 is 1.36 bits per heavy atom. The van der Waals surface area contributed by atoms with Crippen molar-refractivity contribution in [2.24, 2.45) is 5.10 Å². The van der Waals surface area contributed by atoms with E-state index >= 15 is 0 Å². The molecule has 1 N–H and O–H groups in total. The van der Waals surface area contributed by atoms with Gasteiger partial charge in [-0.1, -0.05) is 0 Å². The van der Waals surface area contributed by atoms with Gasteiger partial charge in [-0.3, -0.25) is 0 Å². The molecule has 0 saturated heterocycles. The summed E-state index contributed by atoms with van der Waals surface area (Å²) in [5, 5.41) is 15.5. The number of rotatable bonds is 5. The van der Waals surface area contributed by atoms with Crippen LogP contribution in [-0.4, -0.2) is 27.7 Å². The van der Waals surface area contributed by atoms with Crippen LogP contribution in [0, 0.1) is 4.77 Å². The molecule has 1 aromatic carbocycles. The summed E-state index contributed by atoms with van der Waals surface area (Å²) in [6.45, 7) is 2.60. The van der Waals surface area contributed by atoms with Crippen molar-refractivity contribution in [3.05, 3.63) is 51.4 Å². The summed E-state index contributed by atoms with van der Waals surface area (Å²) < 4.78 is 7.51. The van der Waals surface area contributed by atoms with Gasteiger partial charge in [-0.25, -0.2) is 5.10 Å². The zero-order valence-corrected chi connectivity index (χ0v) is 13.5. The zero-order valence-electron chi connectivity index (χ0n) is 11.9. The Hall–Kier alpha value is -2.25. The van der Waals surface area contributed by atoms with Gasteiger partial charge in [0.1, 0.15) is 5.75 Å². The van der Waals surface area contributed by atoms with E-state index in [0.717, 1.165) is 16.9 Å². The van der Waals surface area contributed by atoms with Crippen LogP contribution in [0.3, 0.4) is 0 Å². The molecular formula is C15H14N4OS2. The number of hydrogen-bond donors (Lipinski definition) is 1. The van der Waals surface area contributed by atoms with Gasteiger partial charge in [0.15, 0.2) is 5.82 Å². The van der Waals surface area contributed by atoms with Crippen molar-refractivity contribution in [1.29, 1.82) is 0 Å². The molecule has 0 aliphatic rings. The summed E-state index contributed by atoms with van der Waals surface area (Å²) in [4.78, 5) is 0. The highest BCUT2D eigenvalue weighted by atomic mass is 32.1. The molecule has 7 heteroatoms. The molecule has 0 spiro atoms. The Labute approximate surface area is 136 Å².